The molecule has 1 amide bonds. The van der Waals surface area contributed by atoms with Gasteiger partial charge in [0.2, 0.25) is 5.95 Å². The van der Waals surface area contributed by atoms with Gasteiger partial charge in [0.25, 0.3) is 0 Å². The average molecular weight is 285 g/mol. The number of hydrogen-bond acceptors (Lipinski definition) is 5. The Morgan fingerprint density at radius 1 is 1.53 bits per heavy atom. The van der Waals surface area contributed by atoms with Crippen molar-refractivity contribution in [3.8, 4) is 0 Å². The molecule has 7 heteroatoms. The standard InChI is InChI=1S/C12H17ClN4O2/c1-12(2,3)19-11(18)15-8-6-17(7-8)10-14-5-4-9(13)16-10/h4-5,8H,6-7H2,1-3H3,(H,15,18). The molecule has 1 aromatic heterocycles. The maximum Gasteiger partial charge on any atom is 0.407 e. The molecule has 1 fully saturated rings. The highest BCUT2D eigenvalue weighted by molar-refractivity contribution is 6.29. The molecule has 1 saturated heterocycles. The number of nitrogens with zero attached hydrogens (tertiary/aromatic N) is 3. The van der Waals surface area contributed by atoms with Crippen LogP contribution in [0.3, 0.4) is 0 Å². The van der Waals surface area contributed by atoms with Gasteiger partial charge < -0.3 is 15.0 Å². The van der Waals surface area contributed by atoms with Crippen molar-refractivity contribution in [2.75, 3.05) is 18.0 Å². The predicted molar refractivity (Wildman–Crippen MR) is 72.4 cm³/mol. The number of halogens is 1. The topological polar surface area (TPSA) is 67.3 Å². The second kappa shape index (κ2) is 5.21. The first-order chi connectivity index (χ1) is 8.83. The Labute approximate surface area is 117 Å². The molecule has 0 spiro atoms. The van der Waals surface area contributed by atoms with E-state index >= 15 is 0 Å². The van der Waals surface area contributed by atoms with Gasteiger partial charge in [0, 0.05) is 19.3 Å². The monoisotopic (exact) mass is 284 g/mol. The average Bonchev–Trinajstić information content (AvgIpc) is 2.20. The maximum absolute atomic E-state index is 11.6. The molecular weight excluding hydrogens is 268 g/mol. The number of aromatic nitrogens is 2. The van der Waals surface area contributed by atoms with Gasteiger partial charge in [-0.15, -0.1) is 0 Å². The Morgan fingerprint density at radius 3 is 2.79 bits per heavy atom. The zero-order valence-electron chi connectivity index (χ0n) is 11.2. The van der Waals surface area contributed by atoms with Gasteiger partial charge in [-0.1, -0.05) is 11.6 Å². The Balaban J connectivity index is 1.79. The zero-order chi connectivity index (χ0) is 14.0. The minimum Gasteiger partial charge on any atom is -0.444 e. The molecule has 6 nitrogen and oxygen atoms in total. The summed E-state index contributed by atoms with van der Waals surface area (Å²) in [5.74, 6) is 0.578. The van der Waals surface area contributed by atoms with Crippen molar-refractivity contribution >= 4 is 23.6 Å². The Kier molecular flexibility index (Phi) is 3.80. The lowest BCUT2D eigenvalue weighted by molar-refractivity contribution is 0.0495. The Morgan fingerprint density at radius 2 is 2.21 bits per heavy atom. The number of amides is 1. The van der Waals surface area contributed by atoms with E-state index in [1.807, 2.05) is 25.7 Å². The van der Waals surface area contributed by atoms with Gasteiger partial charge in [-0.25, -0.2) is 14.8 Å². The number of ether oxygens (including phenoxy) is 1. The fourth-order valence-electron chi connectivity index (χ4n) is 1.69. The van der Waals surface area contributed by atoms with Crippen molar-refractivity contribution in [3.05, 3.63) is 17.4 Å². The summed E-state index contributed by atoms with van der Waals surface area (Å²) in [6, 6.07) is 1.68. The zero-order valence-corrected chi connectivity index (χ0v) is 11.9. The first kappa shape index (κ1) is 13.9. The minimum atomic E-state index is -0.483. The van der Waals surface area contributed by atoms with Crippen LogP contribution in [0.4, 0.5) is 10.7 Å². The van der Waals surface area contributed by atoms with Crippen LogP contribution in [0.5, 0.6) is 0 Å². The number of rotatable bonds is 2. The van der Waals surface area contributed by atoms with Gasteiger partial charge >= 0.3 is 6.09 Å². The number of carbonyl (C=O) groups excluding carboxylic acids is 1. The summed E-state index contributed by atoms with van der Waals surface area (Å²) < 4.78 is 5.18. The highest BCUT2D eigenvalue weighted by atomic mass is 35.5. The molecule has 0 radical (unpaired) electrons. The van der Waals surface area contributed by atoms with Crippen molar-refractivity contribution in [1.82, 2.24) is 15.3 Å². The van der Waals surface area contributed by atoms with Gasteiger partial charge in [0.1, 0.15) is 10.8 Å². The van der Waals surface area contributed by atoms with Gasteiger partial charge in [-0.05, 0) is 26.8 Å². The van der Waals surface area contributed by atoms with E-state index in [-0.39, 0.29) is 6.04 Å². The second-order valence-electron chi connectivity index (χ2n) is 5.43. The van der Waals surface area contributed by atoms with Crippen LogP contribution >= 0.6 is 11.6 Å². The first-order valence-corrected chi connectivity index (χ1v) is 6.44. The summed E-state index contributed by atoms with van der Waals surface area (Å²) in [5.41, 5.74) is -0.483. The summed E-state index contributed by atoms with van der Waals surface area (Å²) in [6.07, 6.45) is 1.21. The van der Waals surface area contributed by atoms with Gasteiger partial charge in [0.05, 0.1) is 6.04 Å². The van der Waals surface area contributed by atoms with E-state index in [9.17, 15) is 4.79 Å². The summed E-state index contributed by atoms with van der Waals surface area (Å²) in [6.45, 7) is 6.80. The number of nitrogens with one attached hydrogen (secondary N) is 1. The smallest absolute Gasteiger partial charge is 0.407 e. The first-order valence-electron chi connectivity index (χ1n) is 6.06. The summed E-state index contributed by atoms with van der Waals surface area (Å²) in [5, 5.41) is 3.21. The molecule has 0 unspecified atom stereocenters. The molecule has 0 aromatic carbocycles. The molecule has 1 aliphatic heterocycles. The highest BCUT2D eigenvalue weighted by Gasteiger charge is 2.31. The van der Waals surface area contributed by atoms with E-state index in [1.165, 1.54) is 0 Å². The number of hydrogen-bond donors (Lipinski definition) is 1. The fourth-order valence-corrected chi connectivity index (χ4v) is 1.82. The van der Waals surface area contributed by atoms with Crippen LogP contribution in [-0.4, -0.2) is 40.8 Å². The maximum atomic E-state index is 11.6. The summed E-state index contributed by atoms with van der Waals surface area (Å²) in [4.78, 5) is 21.7. The SMILES string of the molecule is CC(C)(C)OC(=O)NC1CN(c2nccc(Cl)n2)C1. The van der Waals surface area contributed by atoms with Crippen molar-refractivity contribution < 1.29 is 9.53 Å². The Hall–Kier alpha value is -1.56. The molecule has 1 N–H and O–H groups in total. The summed E-state index contributed by atoms with van der Waals surface area (Å²) in [7, 11) is 0. The largest absolute Gasteiger partial charge is 0.444 e. The van der Waals surface area contributed by atoms with Gasteiger partial charge in [0.15, 0.2) is 0 Å². The molecule has 0 aliphatic carbocycles. The van der Waals surface area contributed by atoms with E-state index in [0.717, 1.165) is 0 Å². The predicted octanol–water partition coefficient (Wildman–Crippen LogP) is 1.84. The van der Waals surface area contributed by atoms with Crippen LogP contribution in [0.2, 0.25) is 5.15 Å². The third-order valence-corrected chi connectivity index (χ3v) is 2.70. The normalized spacial score (nSPS) is 15.9. The molecule has 19 heavy (non-hydrogen) atoms. The van der Waals surface area contributed by atoms with Crippen LogP contribution in [0.15, 0.2) is 12.3 Å². The number of carbonyl (C=O) groups is 1. The lowest BCUT2D eigenvalue weighted by atomic mass is 10.1. The quantitative estimate of drug-likeness (QED) is 0.840. The molecule has 104 valence electrons. The molecule has 2 rings (SSSR count). The third kappa shape index (κ3) is 3.96. The molecule has 0 atom stereocenters. The molecule has 2 heterocycles. The third-order valence-electron chi connectivity index (χ3n) is 2.49. The van der Waals surface area contributed by atoms with Crippen LogP contribution in [-0.2, 0) is 4.74 Å². The molecule has 0 bridgehead atoms. The van der Waals surface area contributed by atoms with Crippen LogP contribution in [0, 0.1) is 0 Å². The van der Waals surface area contributed by atoms with E-state index in [1.54, 1.807) is 12.3 Å². The number of alkyl carbamates (subject to hydrolysis) is 1. The van der Waals surface area contributed by atoms with Crippen molar-refractivity contribution in [1.29, 1.82) is 0 Å². The lowest BCUT2D eigenvalue weighted by Gasteiger charge is -2.39. The van der Waals surface area contributed by atoms with E-state index in [2.05, 4.69) is 15.3 Å². The van der Waals surface area contributed by atoms with Gasteiger partial charge in [-0.3, -0.25) is 0 Å². The van der Waals surface area contributed by atoms with Crippen molar-refractivity contribution in [2.45, 2.75) is 32.4 Å². The van der Waals surface area contributed by atoms with Crippen LogP contribution < -0.4 is 10.2 Å². The molecule has 1 aliphatic rings. The second-order valence-corrected chi connectivity index (χ2v) is 5.81. The van der Waals surface area contributed by atoms with Crippen molar-refractivity contribution in [3.63, 3.8) is 0 Å². The van der Waals surface area contributed by atoms with Crippen LogP contribution in [0.1, 0.15) is 20.8 Å². The molecule has 1 aromatic rings. The minimum absolute atomic E-state index is 0.0532. The Bertz CT molecular complexity index is 469. The summed E-state index contributed by atoms with van der Waals surface area (Å²) >= 11 is 5.80. The molecular formula is C12H17ClN4O2. The van der Waals surface area contributed by atoms with Crippen LogP contribution in [0.25, 0.3) is 0 Å². The number of anilines is 1. The fraction of sp³-hybridized carbons (Fsp3) is 0.583. The highest BCUT2D eigenvalue weighted by Crippen LogP contribution is 2.18. The van der Waals surface area contributed by atoms with Crippen molar-refractivity contribution in [2.24, 2.45) is 0 Å². The van der Waals surface area contributed by atoms with Gasteiger partial charge in [-0.2, -0.15) is 0 Å². The van der Waals surface area contributed by atoms with E-state index in [0.29, 0.717) is 24.2 Å². The van der Waals surface area contributed by atoms with E-state index < -0.39 is 11.7 Å². The molecule has 0 saturated carbocycles. The van der Waals surface area contributed by atoms with E-state index in [4.69, 9.17) is 16.3 Å². The lowest BCUT2D eigenvalue weighted by Crippen LogP contribution is -2.60.